The van der Waals surface area contributed by atoms with Crippen molar-refractivity contribution in [2.75, 3.05) is 26.9 Å². The highest BCUT2D eigenvalue weighted by atomic mass is 16.7. The van der Waals surface area contributed by atoms with Crippen molar-refractivity contribution < 1.29 is 29.2 Å². The fourth-order valence-electron chi connectivity index (χ4n) is 3.21. The minimum absolute atomic E-state index is 0.176. The van der Waals surface area contributed by atoms with Gasteiger partial charge in [-0.25, -0.2) is 0 Å². The molecule has 0 amide bonds. The van der Waals surface area contributed by atoms with Crippen LogP contribution in [0.25, 0.3) is 0 Å². The summed E-state index contributed by atoms with van der Waals surface area (Å²) >= 11 is 0. The molecule has 0 aromatic rings. The van der Waals surface area contributed by atoms with Crippen molar-refractivity contribution in [3.63, 3.8) is 0 Å². The molecule has 0 radical (unpaired) electrons. The largest absolute Gasteiger partial charge is 0.394 e. The van der Waals surface area contributed by atoms with Crippen LogP contribution in [-0.2, 0) is 18.9 Å². The van der Waals surface area contributed by atoms with Gasteiger partial charge in [-0.05, 0) is 12.8 Å². The zero-order chi connectivity index (χ0) is 19.2. The minimum Gasteiger partial charge on any atom is -0.394 e. The molecule has 154 valence electrons. The molecule has 2 N–H and O–H groups in total. The summed E-state index contributed by atoms with van der Waals surface area (Å²) in [6.45, 7) is 6.42. The molecule has 1 aliphatic rings. The number of rotatable bonds is 15. The molecule has 0 bridgehead atoms. The van der Waals surface area contributed by atoms with Gasteiger partial charge in [0, 0.05) is 20.1 Å². The Labute approximate surface area is 158 Å². The quantitative estimate of drug-likeness (QED) is 0.339. The Hall–Kier alpha value is -0.500. The molecule has 6 nitrogen and oxygen atoms in total. The van der Waals surface area contributed by atoms with Gasteiger partial charge in [-0.15, -0.1) is 6.58 Å². The average Bonchev–Trinajstić information content (AvgIpc) is 2.66. The van der Waals surface area contributed by atoms with Crippen molar-refractivity contribution >= 4 is 0 Å². The molecule has 26 heavy (non-hydrogen) atoms. The number of hydrogen-bond donors (Lipinski definition) is 2. The molecule has 0 saturated carbocycles. The van der Waals surface area contributed by atoms with Crippen molar-refractivity contribution in [2.24, 2.45) is 0 Å². The van der Waals surface area contributed by atoms with E-state index in [1.807, 2.05) is 0 Å². The van der Waals surface area contributed by atoms with Gasteiger partial charge in [0.15, 0.2) is 6.29 Å². The average molecular weight is 375 g/mol. The Balaban J connectivity index is 2.33. The molecule has 1 heterocycles. The van der Waals surface area contributed by atoms with Gasteiger partial charge in [-0.1, -0.05) is 45.1 Å². The van der Waals surface area contributed by atoms with E-state index in [-0.39, 0.29) is 12.7 Å². The molecule has 5 atom stereocenters. The fourth-order valence-corrected chi connectivity index (χ4v) is 3.21. The van der Waals surface area contributed by atoms with Gasteiger partial charge in [-0.2, -0.15) is 0 Å². The number of ether oxygens (including phenoxy) is 4. The van der Waals surface area contributed by atoms with Crippen LogP contribution in [0, 0.1) is 0 Å². The van der Waals surface area contributed by atoms with Gasteiger partial charge < -0.3 is 29.2 Å². The lowest BCUT2D eigenvalue weighted by Crippen LogP contribution is -2.51. The van der Waals surface area contributed by atoms with Crippen LogP contribution >= 0.6 is 0 Å². The molecular formula is C20H38O6. The Morgan fingerprint density at radius 3 is 2.62 bits per heavy atom. The lowest BCUT2D eigenvalue weighted by atomic mass is 10.0. The van der Waals surface area contributed by atoms with Gasteiger partial charge in [0.05, 0.1) is 25.4 Å². The minimum atomic E-state index is -0.862. The summed E-state index contributed by atoms with van der Waals surface area (Å²) in [4.78, 5) is 0. The van der Waals surface area contributed by atoms with Gasteiger partial charge in [-0.3, -0.25) is 0 Å². The molecule has 1 aliphatic heterocycles. The van der Waals surface area contributed by atoms with Crippen molar-refractivity contribution in [3.8, 4) is 0 Å². The maximum absolute atomic E-state index is 10.3. The number of aliphatic hydroxyl groups is 2. The lowest BCUT2D eigenvalue weighted by molar-refractivity contribution is -0.261. The Kier molecular flexibility index (Phi) is 13.2. The van der Waals surface area contributed by atoms with Gasteiger partial charge in [0.2, 0.25) is 0 Å². The van der Waals surface area contributed by atoms with Crippen molar-refractivity contribution in [3.05, 3.63) is 12.7 Å². The summed E-state index contributed by atoms with van der Waals surface area (Å²) < 4.78 is 22.5. The third kappa shape index (κ3) is 8.93. The SMILES string of the molecule is C=CCO[C@@H]1CC(OCC[C@@H](CCCCCCC)OC)[C@H](O)C(CO)O1. The summed E-state index contributed by atoms with van der Waals surface area (Å²) in [7, 11) is 1.74. The zero-order valence-corrected chi connectivity index (χ0v) is 16.5. The highest BCUT2D eigenvalue weighted by Gasteiger charge is 2.38. The number of methoxy groups -OCH3 is 1. The number of hydrogen-bond acceptors (Lipinski definition) is 6. The lowest BCUT2D eigenvalue weighted by Gasteiger charge is -2.38. The molecule has 0 aliphatic carbocycles. The van der Waals surface area contributed by atoms with Crippen LogP contribution in [-0.4, -0.2) is 67.8 Å². The summed E-state index contributed by atoms with van der Waals surface area (Å²) in [6.07, 6.45) is 7.83. The van der Waals surface area contributed by atoms with Crippen LogP contribution in [0.3, 0.4) is 0 Å². The first-order valence-corrected chi connectivity index (χ1v) is 9.97. The first-order chi connectivity index (χ1) is 12.7. The van der Waals surface area contributed by atoms with E-state index in [4.69, 9.17) is 18.9 Å². The Bertz CT molecular complexity index is 351. The van der Waals surface area contributed by atoms with Crippen LogP contribution in [0.5, 0.6) is 0 Å². The Morgan fingerprint density at radius 2 is 1.96 bits per heavy atom. The van der Waals surface area contributed by atoms with E-state index < -0.39 is 24.6 Å². The first kappa shape index (κ1) is 23.5. The molecule has 2 unspecified atom stereocenters. The van der Waals surface area contributed by atoms with Crippen molar-refractivity contribution in [2.45, 2.75) is 89.0 Å². The summed E-state index contributed by atoms with van der Waals surface area (Å²) in [6, 6.07) is 0. The second kappa shape index (κ2) is 14.5. The predicted octanol–water partition coefficient (Wildman–Crippen LogP) is 2.81. The van der Waals surface area contributed by atoms with Crippen molar-refractivity contribution in [1.29, 1.82) is 0 Å². The third-order valence-electron chi connectivity index (χ3n) is 4.83. The molecule has 0 spiro atoms. The molecule has 1 rings (SSSR count). The highest BCUT2D eigenvalue weighted by molar-refractivity contribution is 4.84. The highest BCUT2D eigenvalue weighted by Crippen LogP contribution is 2.24. The fraction of sp³-hybridized carbons (Fsp3) is 0.900. The van der Waals surface area contributed by atoms with Gasteiger partial charge in [0.1, 0.15) is 12.2 Å². The first-order valence-electron chi connectivity index (χ1n) is 9.97. The maximum atomic E-state index is 10.3. The van der Waals surface area contributed by atoms with Crippen LogP contribution in [0.2, 0.25) is 0 Å². The van der Waals surface area contributed by atoms with E-state index in [0.717, 1.165) is 12.8 Å². The molecule has 0 aromatic heterocycles. The molecule has 6 heteroatoms. The molecule has 1 saturated heterocycles. The maximum Gasteiger partial charge on any atom is 0.161 e. The van der Waals surface area contributed by atoms with Crippen molar-refractivity contribution in [1.82, 2.24) is 0 Å². The predicted molar refractivity (Wildman–Crippen MR) is 101 cm³/mol. The normalized spacial score (nSPS) is 27.4. The van der Waals surface area contributed by atoms with E-state index in [1.54, 1.807) is 13.2 Å². The van der Waals surface area contributed by atoms with E-state index >= 15 is 0 Å². The third-order valence-corrected chi connectivity index (χ3v) is 4.83. The number of unbranched alkanes of at least 4 members (excludes halogenated alkanes) is 4. The summed E-state index contributed by atoms with van der Waals surface area (Å²) in [5.74, 6) is 0. The second-order valence-electron chi connectivity index (χ2n) is 6.89. The van der Waals surface area contributed by atoms with E-state index in [1.165, 1.54) is 32.1 Å². The summed E-state index contributed by atoms with van der Waals surface area (Å²) in [5.41, 5.74) is 0. The van der Waals surface area contributed by atoms with Gasteiger partial charge >= 0.3 is 0 Å². The zero-order valence-electron chi connectivity index (χ0n) is 16.5. The smallest absolute Gasteiger partial charge is 0.161 e. The topological polar surface area (TPSA) is 77.4 Å². The van der Waals surface area contributed by atoms with Crippen LogP contribution < -0.4 is 0 Å². The van der Waals surface area contributed by atoms with E-state index in [2.05, 4.69) is 13.5 Å². The second-order valence-corrected chi connectivity index (χ2v) is 6.89. The standard InChI is InChI=1S/C20H38O6/c1-4-6-7-8-9-10-16(23-3)11-13-24-17-14-19(25-12-5-2)26-18(15-21)20(17)22/h5,16-22H,2,4,6-15H2,1,3H3/t16-,17?,18?,19+,20+/m1/s1. The molecule has 1 fully saturated rings. The van der Waals surface area contributed by atoms with Crippen LogP contribution in [0.1, 0.15) is 58.3 Å². The molecule has 0 aromatic carbocycles. The number of aliphatic hydroxyl groups excluding tert-OH is 2. The Morgan fingerprint density at radius 1 is 1.19 bits per heavy atom. The van der Waals surface area contributed by atoms with E-state index in [9.17, 15) is 10.2 Å². The van der Waals surface area contributed by atoms with Crippen LogP contribution in [0.15, 0.2) is 12.7 Å². The molecular weight excluding hydrogens is 336 g/mol. The summed E-state index contributed by atoms with van der Waals surface area (Å²) in [5, 5.41) is 19.7. The van der Waals surface area contributed by atoms with Crippen LogP contribution in [0.4, 0.5) is 0 Å². The monoisotopic (exact) mass is 374 g/mol. The van der Waals surface area contributed by atoms with Gasteiger partial charge in [0.25, 0.3) is 0 Å². The van der Waals surface area contributed by atoms with E-state index in [0.29, 0.717) is 19.6 Å².